The Bertz CT molecular complexity index is 767. The van der Waals surface area contributed by atoms with E-state index >= 15 is 0 Å². The summed E-state index contributed by atoms with van der Waals surface area (Å²) in [5.41, 5.74) is 2.70. The van der Waals surface area contributed by atoms with Gasteiger partial charge >= 0.3 is 6.36 Å². The quantitative estimate of drug-likeness (QED) is 0.732. The van der Waals surface area contributed by atoms with Crippen LogP contribution in [0.25, 0.3) is 11.1 Å². The average molecular weight is 319 g/mol. The summed E-state index contributed by atoms with van der Waals surface area (Å²) in [7, 11) is 0. The summed E-state index contributed by atoms with van der Waals surface area (Å²) in [6.45, 7) is 0.451. The fourth-order valence-electron chi connectivity index (χ4n) is 2.12. The van der Waals surface area contributed by atoms with Gasteiger partial charge < -0.3 is 4.74 Å². The summed E-state index contributed by atoms with van der Waals surface area (Å²) < 4.78 is 41.9. The number of nitrogens with zero attached hydrogens (tertiary/aromatic N) is 3. The predicted molar refractivity (Wildman–Crippen MR) is 77.7 cm³/mol. The van der Waals surface area contributed by atoms with Gasteiger partial charge in [-0.2, -0.15) is 5.10 Å². The zero-order valence-electron chi connectivity index (χ0n) is 11.9. The van der Waals surface area contributed by atoms with Crippen LogP contribution in [0.3, 0.4) is 0 Å². The minimum Gasteiger partial charge on any atom is -0.406 e. The fraction of sp³-hybridized carbons (Fsp3) is 0.125. The first-order valence-corrected chi connectivity index (χ1v) is 6.77. The number of alkyl halides is 3. The molecule has 0 aliphatic heterocycles. The van der Waals surface area contributed by atoms with E-state index in [9.17, 15) is 13.2 Å². The Morgan fingerprint density at radius 3 is 2.43 bits per heavy atom. The van der Waals surface area contributed by atoms with Crippen LogP contribution in [0.1, 0.15) is 5.56 Å². The molecule has 0 bridgehead atoms. The topological polar surface area (TPSA) is 39.9 Å². The van der Waals surface area contributed by atoms with Crippen LogP contribution in [-0.2, 0) is 6.54 Å². The molecule has 0 saturated heterocycles. The average Bonchev–Trinajstić information content (AvgIpc) is 2.97. The van der Waals surface area contributed by atoms with Gasteiger partial charge in [0.2, 0.25) is 0 Å². The highest BCUT2D eigenvalue weighted by Crippen LogP contribution is 2.23. The van der Waals surface area contributed by atoms with Crippen molar-refractivity contribution in [3.05, 3.63) is 66.7 Å². The number of ether oxygens (including phenoxy) is 1. The molecule has 7 heteroatoms. The first-order chi connectivity index (χ1) is 11.0. The molecular formula is C16H12F3N3O. The maximum absolute atomic E-state index is 12.1. The molecule has 4 nitrogen and oxygen atoms in total. The summed E-state index contributed by atoms with van der Waals surface area (Å²) in [5.74, 6) is -0.238. The lowest BCUT2D eigenvalue weighted by Gasteiger charge is -2.09. The minimum absolute atomic E-state index is 0.238. The SMILES string of the molecule is FC(F)(F)Oc1ccc(Cn2cc(-c3cccnc3)cn2)cc1. The predicted octanol–water partition coefficient (Wildman–Crippen LogP) is 3.89. The lowest BCUT2D eigenvalue weighted by atomic mass is 10.2. The molecule has 0 N–H and O–H groups in total. The smallest absolute Gasteiger partial charge is 0.406 e. The van der Waals surface area contributed by atoms with E-state index in [1.165, 1.54) is 12.1 Å². The normalized spacial score (nSPS) is 11.4. The molecule has 2 aromatic heterocycles. The maximum Gasteiger partial charge on any atom is 0.573 e. The Morgan fingerprint density at radius 2 is 1.78 bits per heavy atom. The van der Waals surface area contributed by atoms with E-state index in [4.69, 9.17) is 0 Å². The van der Waals surface area contributed by atoms with Gasteiger partial charge in [0.15, 0.2) is 0 Å². The molecule has 23 heavy (non-hydrogen) atoms. The van der Waals surface area contributed by atoms with E-state index in [1.807, 2.05) is 18.3 Å². The van der Waals surface area contributed by atoms with Crippen LogP contribution in [0.2, 0.25) is 0 Å². The molecule has 3 aromatic rings. The number of pyridine rings is 1. The monoisotopic (exact) mass is 319 g/mol. The van der Waals surface area contributed by atoms with E-state index in [2.05, 4.69) is 14.8 Å². The van der Waals surface area contributed by atoms with Crippen LogP contribution < -0.4 is 4.74 Å². The van der Waals surface area contributed by atoms with Crippen molar-refractivity contribution >= 4 is 0 Å². The van der Waals surface area contributed by atoms with Crippen molar-refractivity contribution in [2.75, 3.05) is 0 Å². The van der Waals surface area contributed by atoms with Gasteiger partial charge in [0.05, 0.1) is 12.7 Å². The second-order valence-electron chi connectivity index (χ2n) is 4.86. The van der Waals surface area contributed by atoms with Crippen molar-refractivity contribution in [1.29, 1.82) is 0 Å². The van der Waals surface area contributed by atoms with E-state index in [-0.39, 0.29) is 5.75 Å². The van der Waals surface area contributed by atoms with E-state index in [1.54, 1.807) is 35.4 Å². The zero-order chi connectivity index (χ0) is 16.3. The second kappa shape index (κ2) is 6.12. The summed E-state index contributed by atoms with van der Waals surface area (Å²) in [6.07, 6.45) is 2.33. The van der Waals surface area contributed by atoms with Gasteiger partial charge in [-0.1, -0.05) is 18.2 Å². The fourth-order valence-corrected chi connectivity index (χ4v) is 2.12. The zero-order valence-corrected chi connectivity index (χ0v) is 11.9. The number of rotatable bonds is 4. The molecule has 1 aromatic carbocycles. The second-order valence-corrected chi connectivity index (χ2v) is 4.86. The van der Waals surface area contributed by atoms with E-state index in [0.717, 1.165) is 16.7 Å². The van der Waals surface area contributed by atoms with Crippen molar-refractivity contribution < 1.29 is 17.9 Å². The highest BCUT2D eigenvalue weighted by Gasteiger charge is 2.30. The molecule has 0 saturated carbocycles. The Hall–Kier alpha value is -2.83. The molecule has 2 heterocycles. The highest BCUT2D eigenvalue weighted by atomic mass is 19.4. The molecule has 118 valence electrons. The van der Waals surface area contributed by atoms with Crippen LogP contribution >= 0.6 is 0 Å². The van der Waals surface area contributed by atoms with Gasteiger partial charge in [-0.05, 0) is 23.8 Å². The van der Waals surface area contributed by atoms with Gasteiger partial charge in [-0.25, -0.2) is 0 Å². The molecule has 0 radical (unpaired) electrons. The summed E-state index contributed by atoms with van der Waals surface area (Å²) in [5, 5.41) is 4.25. The Kier molecular flexibility index (Phi) is 4.01. The van der Waals surface area contributed by atoms with Crippen LogP contribution in [0.5, 0.6) is 5.75 Å². The van der Waals surface area contributed by atoms with Crippen LogP contribution in [0.4, 0.5) is 13.2 Å². The first kappa shape index (κ1) is 15.1. The molecule has 0 unspecified atom stereocenters. The number of halogens is 3. The van der Waals surface area contributed by atoms with Crippen molar-refractivity contribution in [2.24, 2.45) is 0 Å². The third-order valence-electron chi connectivity index (χ3n) is 3.13. The molecule has 0 amide bonds. The lowest BCUT2D eigenvalue weighted by molar-refractivity contribution is -0.274. The number of aromatic nitrogens is 3. The van der Waals surface area contributed by atoms with Gasteiger partial charge in [-0.3, -0.25) is 9.67 Å². The van der Waals surface area contributed by atoms with Crippen LogP contribution in [-0.4, -0.2) is 21.1 Å². The Morgan fingerprint density at radius 1 is 1.00 bits per heavy atom. The largest absolute Gasteiger partial charge is 0.573 e. The van der Waals surface area contributed by atoms with Crippen molar-refractivity contribution in [2.45, 2.75) is 12.9 Å². The van der Waals surface area contributed by atoms with Gasteiger partial charge in [0, 0.05) is 29.7 Å². The molecule has 0 spiro atoms. The standard InChI is InChI=1S/C16H12F3N3O/c17-16(18,19)23-15-5-3-12(4-6-15)10-22-11-14(9-21-22)13-2-1-7-20-8-13/h1-9,11H,10H2. The summed E-state index contributed by atoms with van der Waals surface area (Å²) in [4.78, 5) is 4.05. The highest BCUT2D eigenvalue weighted by molar-refractivity contribution is 5.60. The van der Waals surface area contributed by atoms with Gasteiger partial charge in [0.25, 0.3) is 0 Å². The summed E-state index contributed by atoms with van der Waals surface area (Å²) in [6, 6.07) is 9.49. The van der Waals surface area contributed by atoms with Crippen LogP contribution in [0, 0.1) is 0 Å². The molecule has 3 rings (SSSR count). The van der Waals surface area contributed by atoms with E-state index < -0.39 is 6.36 Å². The molecule has 0 atom stereocenters. The minimum atomic E-state index is -4.68. The number of hydrogen-bond acceptors (Lipinski definition) is 3. The number of hydrogen-bond donors (Lipinski definition) is 0. The van der Waals surface area contributed by atoms with E-state index in [0.29, 0.717) is 6.54 Å². The van der Waals surface area contributed by atoms with Crippen molar-refractivity contribution in [3.8, 4) is 16.9 Å². The summed E-state index contributed by atoms with van der Waals surface area (Å²) >= 11 is 0. The van der Waals surface area contributed by atoms with Crippen molar-refractivity contribution in [3.63, 3.8) is 0 Å². The lowest BCUT2D eigenvalue weighted by Crippen LogP contribution is -2.17. The Labute approximate surface area is 130 Å². The number of benzene rings is 1. The third kappa shape index (κ3) is 4.09. The molecule has 0 fully saturated rings. The van der Waals surface area contributed by atoms with Gasteiger partial charge in [-0.15, -0.1) is 13.2 Å². The molecule has 0 aliphatic rings. The molecule has 0 aliphatic carbocycles. The van der Waals surface area contributed by atoms with Crippen molar-refractivity contribution in [1.82, 2.24) is 14.8 Å². The maximum atomic E-state index is 12.1. The third-order valence-corrected chi connectivity index (χ3v) is 3.13. The van der Waals surface area contributed by atoms with Gasteiger partial charge in [0.1, 0.15) is 5.75 Å². The first-order valence-electron chi connectivity index (χ1n) is 6.77. The van der Waals surface area contributed by atoms with Crippen LogP contribution in [0.15, 0.2) is 61.2 Å². The molecular weight excluding hydrogens is 307 g/mol. The Balaban J connectivity index is 1.69.